The van der Waals surface area contributed by atoms with E-state index in [-0.39, 0.29) is 25.3 Å². The number of benzene rings is 3. The summed E-state index contributed by atoms with van der Waals surface area (Å²) in [4.78, 5) is -0.802. The van der Waals surface area contributed by atoms with Gasteiger partial charge in [-0.2, -0.15) is 4.31 Å². The molecule has 5 rings (SSSR count). The molecule has 0 bridgehead atoms. The predicted molar refractivity (Wildman–Crippen MR) is 111 cm³/mol. The summed E-state index contributed by atoms with van der Waals surface area (Å²) in [5, 5.41) is 9.68. The third kappa shape index (κ3) is 3.81. The van der Waals surface area contributed by atoms with Crippen LogP contribution < -0.4 is 9.47 Å². The molecule has 35 heavy (non-hydrogen) atoms. The summed E-state index contributed by atoms with van der Waals surface area (Å²) in [6.45, 7) is -0.273. The number of aliphatic hydroxyl groups is 1. The first-order valence-electron chi connectivity index (χ1n) is 10.3. The molecular weight excluding hydrogens is 497 g/mol. The molecule has 1 saturated heterocycles. The molecule has 0 amide bonds. The van der Waals surface area contributed by atoms with Crippen LogP contribution in [0.25, 0.3) is 0 Å². The minimum atomic E-state index is -4.40. The first kappa shape index (κ1) is 23.5. The fraction of sp³-hybridized carbons (Fsp3) is 0.217. The quantitative estimate of drug-likeness (QED) is 0.538. The SMILES string of the molecule is O=S(=O)(c1cc2c(cc1F)OC(c1ccc(F)cc1F)(c1ccc(F)cc1F)O2)N1CC[C@H](O)C1. The molecule has 1 N–H and O–H groups in total. The lowest BCUT2D eigenvalue weighted by Gasteiger charge is -2.29. The Morgan fingerprint density at radius 2 is 1.37 bits per heavy atom. The Labute approximate surface area is 196 Å². The van der Waals surface area contributed by atoms with E-state index in [0.29, 0.717) is 18.2 Å². The zero-order chi connectivity index (χ0) is 25.1. The van der Waals surface area contributed by atoms with Crippen molar-refractivity contribution in [1.29, 1.82) is 0 Å². The van der Waals surface area contributed by atoms with Crippen LogP contribution >= 0.6 is 0 Å². The number of hydrogen-bond donors (Lipinski definition) is 1. The van der Waals surface area contributed by atoms with Crippen molar-refractivity contribution in [2.24, 2.45) is 0 Å². The maximum absolute atomic E-state index is 15.0. The Morgan fingerprint density at radius 1 is 0.829 bits per heavy atom. The van der Waals surface area contributed by atoms with Gasteiger partial charge in [0.25, 0.3) is 0 Å². The van der Waals surface area contributed by atoms with Gasteiger partial charge in [0.2, 0.25) is 10.0 Å². The number of rotatable bonds is 4. The summed E-state index contributed by atoms with van der Waals surface area (Å²) < 4.78 is 110. The molecule has 0 saturated carbocycles. The van der Waals surface area contributed by atoms with Crippen molar-refractivity contribution in [1.82, 2.24) is 4.31 Å². The zero-order valence-electron chi connectivity index (χ0n) is 17.6. The molecule has 0 radical (unpaired) electrons. The van der Waals surface area contributed by atoms with E-state index in [1.807, 2.05) is 0 Å². The molecule has 1 atom stereocenters. The Kier molecular flexibility index (Phi) is 5.49. The van der Waals surface area contributed by atoms with E-state index in [1.165, 1.54) is 0 Å². The van der Waals surface area contributed by atoms with Gasteiger partial charge >= 0.3 is 5.79 Å². The molecule has 12 heteroatoms. The maximum Gasteiger partial charge on any atom is 0.311 e. The van der Waals surface area contributed by atoms with Crippen LogP contribution in [0.2, 0.25) is 0 Å². The van der Waals surface area contributed by atoms with Gasteiger partial charge in [0, 0.05) is 37.4 Å². The second kappa shape index (κ2) is 8.18. The molecule has 6 nitrogen and oxygen atoms in total. The molecule has 2 heterocycles. The van der Waals surface area contributed by atoms with Crippen LogP contribution in [0, 0.1) is 29.1 Å². The van der Waals surface area contributed by atoms with Gasteiger partial charge in [-0.3, -0.25) is 0 Å². The van der Waals surface area contributed by atoms with Crippen LogP contribution in [0.1, 0.15) is 17.5 Å². The van der Waals surface area contributed by atoms with Crippen molar-refractivity contribution in [2.45, 2.75) is 23.2 Å². The first-order chi connectivity index (χ1) is 16.5. The monoisotopic (exact) mass is 513 g/mol. The second-order valence-electron chi connectivity index (χ2n) is 8.10. The number of hydrogen-bond acceptors (Lipinski definition) is 5. The fourth-order valence-corrected chi connectivity index (χ4v) is 5.70. The summed E-state index contributed by atoms with van der Waals surface area (Å²) in [6, 6.07) is 6.00. The number of aliphatic hydroxyl groups excluding tert-OH is 1. The zero-order valence-corrected chi connectivity index (χ0v) is 18.5. The topological polar surface area (TPSA) is 76.1 Å². The van der Waals surface area contributed by atoms with Gasteiger partial charge in [0.1, 0.15) is 34.0 Å². The summed E-state index contributed by atoms with van der Waals surface area (Å²) in [5.74, 6) is -8.82. The molecule has 3 aromatic rings. The Hall–Kier alpha value is -3.22. The highest BCUT2D eigenvalue weighted by molar-refractivity contribution is 7.89. The highest BCUT2D eigenvalue weighted by Gasteiger charge is 2.50. The lowest BCUT2D eigenvalue weighted by atomic mass is 9.96. The van der Waals surface area contributed by atoms with E-state index < -0.39 is 72.8 Å². The van der Waals surface area contributed by atoms with Gasteiger partial charge < -0.3 is 14.6 Å². The number of nitrogens with zero attached hydrogens (tertiary/aromatic N) is 1. The highest BCUT2D eigenvalue weighted by atomic mass is 32.2. The maximum atomic E-state index is 15.0. The van der Waals surface area contributed by atoms with Crippen LogP contribution in [-0.4, -0.2) is 37.0 Å². The molecule has 184 valence electrons. The number of fused-ring (bicyclic) bond motifs is 1. The van der Waals surface area contributed by atoms with Crippen molar-refractivity contribution in [2.75, 3.05) is 13.1 Å². The molecule has 0 spiro atoms. The van der Waals surface area contributed by atoms with E-state index in [9.17, 15) is 35.5 Å². The van der Waals surface area contributed by atoms with Gasteiger partial charge in [-0.05, 0) is 30.7 Å². The van der Waals surface area contributed by atoms with Crippen molar-refractivity contribution >= 4 is 10.0 Å². The van der Waals surface area contributed by atoms with E-state index in [2.05, 4.69) is 0 Å². The van der Waals surface area contributed by atoms with Gasteiger partial charge in [-0.25, -0.2) is 30.4 Å². The smallest absolute Gasteiger partial charge is 0.311 e. The molecule has 3 aromatic carbocycles. The standard InChI is InChI=1S/C23H16F5NO5S/c24-12-1-3-15(17(26)7-12)23(16-4-2-13(25)8-18(16)27)33-20-9-19(28)22(10-21(20)34-23)35(31,32)29-6-5-14(30)11-29/h1-4,7-10,14,30H,5-6,11H2/t14-/m0/s1. The summed E-state index contributed by atoms with van der Waals surface area (Å²) in [7, 11) is -4.40. The molecule has 2 aliphatic heterocycles. The summed E-state index contributed by atoms with van der Waals surface area (Å²) in [5.41, 5.74) is -1.04. The first-order valence-corrected chi connectivity index (χ1v) is 11.8. The van der Waals surface area contributed by atoms with Crippen molar-refractivity contribution in [3.05, 3.63) is 88.7 Å². The number of sulfonamides is 1. The van der Waals surface area contributed by atoms with Crippen LogP contribution in [0.3, 0.4) is 0 Å². The summed E-state index contributed by atoms with van der Waals surface area (Å²) in [6.07, 6.45) is -0.736. The lowest BCUT2D eigenvalue weighted by Crippen LogP contribution is -2.39. The average molecular weight is 513 g/mol. The Bertz CT molecular complexity index is 1400. The Balaban J connectivity index is 1.66. The fourth-order valence-electron chi connectivity index (χ4n) is 4.15. The van der Waals surface area contributed by atoms with E-state index >= 15 is 0 Å². The summed E-state index contributed by atoms with van der Waals surface area (Å²) >= 11 is 0. The van der Waals surface area contributed by atoms with Gasteiger partial charge in [0.05, 0.1) is 17.2 Å². The van der Waals surface area contributed by atoms with Crippen molar-refractivity contribution in [3.8, 4) is 11.5 Å². The van der Waals surface area contributed by atoms with Crippen LogP contribution in [0.15, 0.2) is 53.4 Å². The van der Waals surface area contributed by atoms with Crippen LogP contribution in [0.4, 0.5) is 22.0 Å². The molecule has 1 fully saturated rings. The molecule has 0 aliphatic carbocycles. The number of ether oxygens (including phenoxy) is 2. The van der Waals surface area contributed by atoms with E-state index in [1.54, 1.807) is 0 Å². The third-order valence-corrected chi connectivity index (χ3v) is 7.70. The molecule has 2 aliphatic rings. The minimum absolute atomic E-state index is 0.0388. The number of halogens is 5. The molecular formula is C23H16F5NO5S. The van der Waals surface area contributed by atoms with Gasteiger partial charge in [-0.15, -0.1) is 0 Å². The largest absolute Gasteiger partial charge is 0.440 e. The normalized spacial score (nSPS) is 19.3. The van der Waals surface area contributed by atoms with Crippen molar-refractivity contribution < 1.29 is 45.0 Å². The third-order valence-electron chi connectivity index (χ3n) is 5.82. The molecule has 0 unspecified atom stereocenters. The molecule has 0 aromatic heterocycles. The van der Waals surface area contributed by atoms with Gasteiger partial charge in [0.15, 0.2) is 11.5 Å². The Morgan fingerprint density at radius 3 is 1.86 bits per heavy atom. The van der Waals surface area contributed by atoms with Crippen molar-refractivity contribution in [3.63, 3.8) is 0 Å². The second-order valence-corrected chi connectivity index (χ2v) is 10.0. The van der Waals surface area contributed by atoms with E-state index in [0.717, 1.165) is 34.6 Å². The van der Waals surface area contributed by atoms with Crippen LogP contribution in [-0.2, 0) is 15.8 Å². The van der Waals surface area contributed by atoms with E-state index in [4.69, 9.17) is 9.47 Å². The highest BCUT2D eigenvalue weighted by Crippen LogP contribution is 2.50. The predicted octanol–water partition coefficient (Wildman–Crippen LogP) is 3.81. The lowest BCUT2D eigenvalue weighted by molar-refractivity contribution is -0.0516. The minimum Gasteiger partial charge on any atom is -0.440 e. The van der Waals surface area contributed by atoms with Crippen LogP contribution in [0.5, 0.6) is 11.5 Å². The average Bonchev–Trinajstić information content (AvgIpc) is 3.37. The number of β-amino-alcohol motifs (C(OH)–C–C–N with tert-alkyl or cyclic N) is 1. The van der Waals surface area contributed by atoms with Gasteiger partial charge in [-0.1, -0.05) is 0 Å².